The van der Waals surface area contributed by atoms with E-state index in [9.17, 15) is 0 Å². The summed E-state index contributed by atoms with van der Waals surface area (Å²) in [5, 5.41) is 9.89. The maximum absolute atomic E-state index is 2.48. The molecule has 1 aliphatic rings. The van der Waals surface area contributed by atoms with E-state index in [1.807, 2.05) is 11.8 Å². The molecule has 1 nitrogen and oxygen atoms in total. The number of benzene rings is 4. The van der Waals surface area contributed by atoms with Crippen LogP contribution in [0.15, 0.2) is 64.5 Å². The molecule has 1 aliphatic heterocycles. The number of aromatic nitrogens is 1. The largest absolute Gasteiger partial charge is 0.222 e. The van der Waals surface area contributed by atoms with Crippen molar-refractivity contribution in [3.63, 3.8) is 0 Å². The van der Waals surface area contributed by atoms with Crippen molar-refractivity contribution >= 4 is 57.3 Å². The maximum Gasteiger partial charge on any atom is 0.222 e. The minimum Gasteiger partial charge on any atom is -0.200 e. The number of nitrogens with zero attached hydrogens (tertiary/aromatic N) is 1. The molecule has 1 aromatic heterocycles. The van der Waals surface area contributed by atoms with Gasteiger partial charge in [-0.2, -0.15) is 0 Å². The van der Waals surface area contributed by atoms with Crippen LogP contribution in [0.4, 0.5) is 0 Å². The first-order chi connectivity index (χ1) is 17.3. The third-order valence-electron chi connectivity index (χ3n) is 8.00. The summed E-state index contributed by atoms with van der Waals surface area (Å²) in [6, 6.07) is 19.1. The van der Waals surface area contributed by atoms with Gasteiger partial charge in [0.1, 0.15) is 7.05 Å². The number of fused-ring (bicyclic) bond motifs is 5. The van der Waals surface area contributed by atoms with E-state index < -0.39 is 8.07 Å². The molecular weight excluding hydrogens is 483 g/mol. The summed E-state index contributed by atoms with van der Waals surface area (Å²) >= 11 is 2.01. The molecule has 2 heterocycles. The normalized spacial score (nSPS) is 13.5. The Morgan fingerprint density at radius 3 is 2.27 bits per heavy atom. The maximum atomic E-state index is 2.48. The van der Waals surface area contributed by atoms with Crippen molar-refractivity contribution in [3.05, 3.63) is 71.4 Å². The molecule has 0 saturated carbocycles. The minimum atomic E-state index is -1.40. The first-order valence-electron chi connectivity index (χ1n) is 13.5. The van der Waals surface area contributed by atoms with Gasteiger partial charge < -0.3 is 0 Å². The van der Waals surface area contributed by atoms with Crippen molar-refractivity contribution < 1.29 is 4.57 Å². The Labute approximate surface area is 226 Å². The molecule has 4 aromatic carbocycles. The Morgan fingerprint density at radius 2 is 1.57 bits per heavy atom. The van der Waals surface area contributed by atoms with Crippen molar-refractivity contribution in [2.75, 3.05) is 0 Å². The highest BCUT2D eigenvalue weighted by Crippen LogP contribution is 2.53. The van der Waals surface area contributed by atoms with Crippen molar-refractivity contribution in [2.24, 2.45) is 12.5 Å². The lowest BCUT2D eigenvalue weighted by atomic mass is 9.82. The molecule has 3 heteroatoms. The summed E-state index contributed by atoms with van der Waals surface area (Å²) in [5.74, 6) is 0. The monoisotopic (exact) mass is 520 g/mol. The van der Waals surface area contributed by atoms with Crippen LogP contribution in [0, 0.1) is 19.3 Å². The highest BCUT2D eigenvalue weighted by Gasteiger charge is 2.33. The Morgan fingerprint density at radius 1 is 0.838 bits per heavy atom. The highest BCUT2D eigenvalue weighted by molar-refractivity contribution is 8.00. The number of pyridine rings is 1. The van der Waals surface area contributed by atoms with Gasteiger partial charge >= 0.3 is 0 Å². The summed E-state index contributed by atoms with van der Waals surface area (Å²) in [6.07, 6.45) is 3.33. The van der Waals surface area contributed by atoms with Gasteiger partial charge in [-0.1, -0.05) is 99.3 Å². The standard InChI is InChI=1S/C34H38NSSi/c1-20-10-12-25-27(16-20)21(2)30-32-31-26(14-15-35(32)6)24-13-11-23(37(7,8)9)17-22(24)18-29(31)36-33(30)28(25)19-34(3,4)5/h10-18H,19H2,1-9H3/q+1. The van der Waals surface area contributed by atoms with Crippen molar-refractivity contribution in [1.82, 2.24) is 0 Å². The van der Waals surface area contributed by atoms with E-state index in [1.54, 1.807) is 0 Å². The van der Waals surface area contributed by atoms with Crippen LogP contribution in [0.25, 0.3) is 43.6 Å². The number of hydrogen-bond acceptors (Lipinski definition) is 1. The van der Waals surface area contributed by atoms with Gasteiger partial charge in [0.15, 0.2) is 6.20 Å². The first kappa shape index (κ1) is 24.7. The lowest BCUT2D eigenvalue weighted by Gasteiger charge is -2.28. The quantitative estimate of drug-likeness (QED) is 0.125. The highest BCUT2D eigenvalue weighted by atomic mass is 32.2. The fourth-order valence-electron chi connectivity index (χ4n) is 6.13. The van der Waals surface area contributed by atoms with E-state index in [-0.39, 0.29) is 5.41 Å². The second kappa shape index (κ2) is 8.19. The molecule has 0 amide bonds. The van der Waals surface area contributed by atoms with Gasteiger partial charge in [-0.3, -0.25) is 0 Å². The van der Waals surface area contributed by atoms with Crippen molar-refractivity contribution in [2.45, 2.75) is 70.5 Å². The average Bonchev–Trinajstić information content (AvgIpc) is 2.81. The van der Waals surface area contributed by atoms with Crippen LogP contribution in [-0.4, -0.2) is 8.07 Å². The molecular formula is C34H38NSSi+. The molecule has 0 saturated heterocycles. The van der Waals surface area contributed by atoms with Gasteiger partial charge in [0, 0.05) is 21.2 Å². The molecule has 5 aromatic rings. The summed E-state index contributed by atoms with van der Waals surface area (Å²) in [4.78, 5) is 2.86. The van der Waals surface area contributed by atoms with E-state index in [0.29, 0.717) is 0 Å². The molecule has 0 spiro atoms. The Kier molecular flexibility index (Phi) is 5.46. The smallest absolute Gasteiger partial charge is 0.200 e. The SMILES string of the molecule is Cc1ccc2c(CC(C)(C)C)c3c(c(C)c2c1)-c1c2c(cc4cc([Si](C)(C)C)ccc4c2cc[n+]1C)S3. The van der Waals surface area contributed by atoms with Crippen molar-refractivity contribution in [1.29, 1.82) is 0 Å². The topological polar surface area (TPSA) is 3.88 Å². The molecule has 188 valence electrons. The molecule has 0 unspecified atom stereocenters. The van der Waals surface area contributed by atoms with Crippen LogP contribution in [-0.2, 0) is 13.5 Å². The fraction of sp³-hybridized carbons (Fsp3) is 0.324. The van der Waals surface area contributed by atoms with Crippen molar-refractivity contribution in [3.8, 4) is 11.3 Å². The van der Waals surface area contributed by atoms with Crippen LogP contribution in [0.3, 0.4) is 0 Å². The van der Waals surface area contributed by atoms with Gasteiger partial charge in [0.05, 0.1) is 19.0 Å². The van der Waals surface area contributed by atoms with E-state index in [2.05, 4.69) is 121 Å². The fourth-order valence-corrected chi connectivity index (χ4v) is 8.68. The molecule has 0 atom stereocenters. The summed E-state index contributed by atoms with van der Waals surface area (Å²) in [5.41, 5.74) is 7.24. The molecule has 6 rings (SSSR count). The number of aryl methyl sites for hydroxylation is 3. The molecule has 0 aliphatic carbocycles. The summed E-state index contributed by atoms with van der Waals surface area (Å²) < 4.78 is 2.36. The van der Waals surface area contributed by atoms with Gasteiger partial charge in [0.25, 0.3) is 0 Å². The van der Waals surface area contributed by atoms with Crippen LogP contribution < -0.4 is 9.75 Å². The molecule has 37 heavy (non-hydrogen) atoms. The predicted octanol–water partition coefficient (Wildman–Crippen LogP) is 8.85. The molecule has 0 fully saturated rings. The third kappa shape index (κ3) is 3.94. The predicted molar refractivity (Wildman–Crippen MR) is 165 cm³/mol. The zero-order valence-corrected chi connectivity index (χ0v) is 25.6. The van der Waals surface area contributed by atoms with Crippen LogP contribution in [0.5, 0.6) is 0 Å². The van der Waals surface area contributed by atoms with E-state index in [0.717, 1.165) is 6.42 Å². The molecule has 0 radical (unpaired) electrons. The second-order valence-corrected chi connectivity index (χ2v) is 19.5. The van der Waals surface area contributed by atoms with Gasteiger partial charge in [-0.15, -0.1) is 0 Å². The van der Waals surface area contributed by atoms with E-state index in [4.69, 9.17) is 0 Å². The Bertz CT molecular complexity index is 1770. The summed E-state index contributed by atoms with van der Waals surface area (Å²) in [7, 11) is 0.824. The van der Waals surface area contributed by atoms with E-state index >= 15 is 0 Å². The van der Waals surface area contributed by atoms with E-state index in [1.165, 1.54) is 75.2 Å². The minimum absolute atomic E-state index is 0.200. The lowest BCUT2D eigenvalue weighted by molar-refractivity contribution is -0.659. The zero-order valence-electron chi connectivity index (χ0n) is 23.8. The van der Waals surface area contributed by atoms with Crippen LogP contribution in [0.1, 0.15) is 37.5 Å². The van der Waals surface area contributed by atoms with Gasteiger partial charge in [0.2, 0.25) is 5.69 Å². The Balaban J connectivity index is 1.77. The van der Waals surface area contributed by atoms with Crippen LogP contribution >= 0.6 is 11.8 Å². The van der Waals surface area contributed by atoms with Gasteiger partial charge in [-0.25, -0.2) is 4.57 Å². The average molecular weight is 521 g/mol. The second-order valence-electron chi connectivity index (χ2n) is 13.3. The Hall–Kier alpha value is -2.62. The zero-order chi connectivity index (χ0) is 26.4. The molecule has 0 bridgehead atoms. The number of hydrogen-bond donors (Lipinski definition) is 0. The lowest BCUT2D eigenvalue weighted by Crippen LogP contribution is -2.37. The van der Waals surface area contributed by atoms with Gasteiger partial charge in [-0.05, 0) is 64.4 Å². The third-order valence-corrected chi connectivity index (χ3v) is 11.2. The number of rotatable bonds is 2. The first-order valence-corrected chi connectivity index (χ1v) is 17.8. The summed E-state index contributed by atoms with van der Waals surface area (Å²) in [6.45, 7) is 19.0. The van der Waals surface area contributed by atoms with Crippen LogP contribution in [0.2, 0.25) is 19.6 Å². The molecule has 0 N–H and O–H groups in total.